The Morgan fingerprint density at radius 1 is 1.33 bits per heavy atom. The van der Waals surface area contributed by atoms with E-state index in [0.717, 1.165) is 25.0 Å². The number of halogens is 2. The first kappa shape index (κ1) is 21.0. The second kappa shape index (κ2) is 8.77. The summed E-state index contributed by atoms with van der Waals surface area (Å²) in [4.78, 5) is 18.9. The van der Waals surface area contributed by atoms with Gasteiger partial charge in [0, 0.05) is 12.1 Å². The van der Waals surface area contributed by atoms with E-state index in [2.05, 4.69) is 25.9 Å². The Morgan fingerprint density at radius 3 is 2.63 bits per heavy atom. The smallest absolute Gasteiger partial charge is 0.404 e. The van der Waals surface area contributed by atoms with Crippen molar-refractivity contribution >= 4 is 23.4 Å². The number of methoxy groups -OCH3 is 1. The lowest BCUT2D eigenvalue weighted by Crippen LogP contribution is -2.45. The van der Waals surface area contributed by atoms with Crippen LogP contribution in [0, 0.1) is 28.9 Å². The van der Waals surface area contributed by atoms with Crippen LogP contribution in [-0.4, -0.2) is 40.4 Å². The van der Waals surface area contributed by atoms with Gasteiger partial charge in [0.15, 0.2) is 23.3 Å². The van der Waals surface area contributed by atoms with Gasteiger partial charge >= 0.3 is 6.09 Å². The van der Waals surface area contributed by atoms with Crippen LogP contribution in [0.3, 0.4) is 0 Å². The molecule has 0 aliphatic heterocycles. The maximum Gasteiger partial charge on any atom is 0.404 e. The van der Waals surface area contributed by atoms with Gasteiger partial charge in [-0.15, -0.1) is 0 Å². The van der Waals surface area contributed by atoms with E-state index in [4.69, 9.17) is 9.84 Å². The third kappa shape index (κ3) is 4.83. The summed E-state index contributed by atoms with van der Waals surface area (Å²) in [6, 6.07) is 3.07. The van der Waals surface area contributed by atoms with Crippen molar-refractivity contribution in [3.63, 3.8) is 0 Å². The van der Waals surface area contributed by atoms with Crippen LogP contribution in [0.15, 0.2) is 18.3 Å². The number of aromatic nitrogens is 2. The van der Waals surface area contributed by atoms with Gasteiger partial charge in [0.25, 0.3) is 0 Å². The predicted molar refractivity (Wildman–Crippen MR) is 104 cm³/mol. The van der Waals surface area contributed by atoms with Gasteiger partial charge in [-0.3, -0.25) is 0 Å². The highest BCUT2D eigenvalue weighted by Gasteiger charge is 2.36. The number of hydrogen-bond donors (Lipinski definition) is 4. The van der Waals surface area contributed by atoms with Gasteiger partial charge in [-0.05, 0) is 31.7 Å². The Kier molecular flexibility index (Phi) is 6.15. The van der Waals surface area contributed by atoms with Gasteiger partial charge in [0.1, 0.15) is 6.07 Å². The highest BCUT2D eigenvalue weighted by molar-refractivity contribution is 5.66. The first-order chi connectivity index (χ1) is 14.3. The van der Waals surface area contributed by atoms with Crippen LogP contribution in [-0.2, 0) is 0 Å². The molecule has 2 heterocycles. The van der Waals surface area contributed by atoms with Crippen LogP contribution in [0.1, 0.15) is 25.3 Å². The Morgan fingerprint density at radius 2 is 2.07 bits per heavy atom. The first-order valence-corrected chi connectivity index (χ1v) is 9.15. The molecule has 1 aliphatic carbocycles. The zero-order valence-corrected chi connectivity index (χ0v) is 16.2. The zero-order valence-electron chi connectivity index (χ0n) is 16.2. The van der Waals surface area contributed by atoms with E-state index in [1.54, 1.807) is 6.92 Å². The topological polar surface area (TPSA) is 132 Å². The summed E-state index contributed by atoms with van der Waals surface area (Å²) in [6.07, 6.45) is 1.86. The molecule has 3 rings (SSSR count). The molecular formula is C19H20F2N6O3. The van der Waals surface area contributed by atoms with Crippen molar-refractivity contribution in [1.82, 2.24) is 15.3 Å². The van der Waals surface area contributed by atoms with Crippen LogP contribution in [0.4, 0.5) is 30.9 Å². The lowest BCUT2D eigenvalue weighted by Gasteiger charge is -2.26. The van der Waals surface area contributed by atoms with Gasteiger partial charge in [0.2, 0.25) is 5.88 Å². The molecule has 1 aliphatic rings. The molecular weight excluding hydrogens is 398 g/mol. The van der Waals surface area contributed by atoms with Crippen LogP contribution >= 0.6 is 0 Å². The number of hydrogen-bond acceptors (Lipinski definition) is 7. The number of anilines is 3. The summed E-state index contributed by atoms with van der Waals surface area (Å²) in [7, 11) is 1.28. The van der Waals surface area contributed by atoms with Crippen molar-refractivity contribution in [1.29, 1.82) is 5.26 Å². The molecule has 0 unspecified atom stereocenters. The van der Waals surface area contributed by atoms with Crippen molar-refractivity contribution in [2.45, 2.75) is 31.8 Å². The molecule has 2 aromatic rings. The molecule has 158 valence electrons. The van der Waals surface area contributed by atoms with E-state index in [-0.39, 0.29) is 40.7 Å². The number of amides is 1. The second-order valence-corrected chi connectivity index (χ2v) is 6.91. The fraction of sp³-hybridized carbons (Fsp3) is 0.368. The standard InChI is InChI=1S/C19H20F2N6O3/c1-9(24-19(28)29)15(10-3-4-10)26-17-13(20)5-11(7-22)16(27-17)25-12-6-14(21)18(30-2)23-8-12/h5-6,8-10,15,24H,3-4H2,1-2H3,(H,28,29)(H2,25,26,27)/t9-,15-/m0/s1. The minimum absolute atomic E-state index is 0.00107. The number of nitrogens with zero attached hydrogens (tertiary/aromatic N) is 3. The zero-order chi connectivity index (χ0) is 21.8. The van der Waals surface area contributed by atoms with Gasteiger partial charge in [0.05, 0.1) is 30.6 Å². The molecule has 2 atom stereocenters. The molecule has 0 bridgehead atoms. The number of carbonyl (C=O) groups is 1. The molecule has 0 radical (unpaired) electrons. The van der Waals surface area contributed by atoms with Gasteiger partial charge in [-0.1, -0.05) is 0 Å². The normalized spacial score (nSPS) is 14.9. The monoisotopic (exact) mass is 418 g/mol. The molecule has 1 amide bonds. The van der Waals surface area contributed by atoms with Crippen molar-refractivity contribution in [3.05, 3.63) is 35.5 Å². The third-order valence-corrected chi connectivity index (χ3v) is 4.68. The fourth-order valence-corrected chi connectivity index (χ4v) is 3.10. The average Bonchev–Trinajstić information content (AvgIpc) is 3.52. The minimum atomic E-state index is -1.18. The summed E-state index contributed by atoms with van der Waals surface area (Å²) in [5, 5.41) is 26.4. The molecule has 11 heteroatoms. The maximum atomic E-state index is 14.6. The molecule has 4 N–H and O–H groups in total. The number of pyridine rings is 2. The van der Waals surface area contributed by atoms with E-state index >= 15 is 0 Å². The summed E-state index contributed by atoms with van der Waals surface area (Å²) in [6.45, 7) is 1.68. The molecule has 0 spiro atoms. The van der Waals surface area contributed by atoms with Crippen molar-refractivity contribution in [3.8, 4) is 11.9 Å². The average molecular weight is 418 g/mol. The van der Waals surface area contributed by atoms with E-state index < -0.39 is 23.8 Å². The minimum Gasteiger partial charge on any atom is -0.479 e. The van der Waals surface area contributed by atoms with Crippen molar-refractivity contribution in [2.24, 2.45) is 5.92 Å². The predicted octanol–water partition coefficient (Wildman–Crippen LogP) is 3.23. The lowest BCUT2D eigenvalue weighted by molar-refractivity contribution is 0.188. The Balaban J connectivity index is 1.88. The van der Waals surface area contributed by atoms with Gasteiger partial charge < -0.3 is 25.8 Å². The number of rotatable bonds is 8. The number of ether oxygens (including phenoxy) is 1. The largest absolute Gasteiger partial charge is 0.479 e. The summed E-state index contributed by atoms with van der Waals surface area (Å²) < 4.78 is 33.2. The second-order valence-electron chi connectivity index (χ2n) is 6.91. The fourth-order valence-electron chi connectivity index (χ4n) is 3.10. The highest BCUT2D eigenvalue weighted by atomic mass is 19.1. The van der Waals surface area contributed by atoms with Crippen molar-refractivity contribution < 1.29 is 23.4 Å². The van der Waals surface area contributed by atoms with E-state index in [9.17, 15) is 18.8 Å². The lowest BCUT2D eigenvalue weighted by atomic mass is 10.0. The van der Waals surface area contributed by atoms with Gasteiger partial charge in [-0.2, -0.15) is 5.26 Å². The van der Waals surface area contributed by atoms with Gasteiger partial charge in [-0.25, -0.2) is 23.5 Å². The summed E-state index contributed by atoms with van der Waals surface area (Å²) >= 11 is 0. The Bertz CT molecular complexity index is 993. The Labute approximate surface area is 171 Å². The number of carboxylic acid groups (broad SMARTS) is 1. The van der Waals surface area contributed by atoms with E-state index in [1.807, 2.05) is 6.07 Å². The van der Waals surface area contributed by atoms with E-state index in [1.165, 1.54) is 13.3 Å². The number of nitriles is 1. The summed E-state index contributed by atoms with van der Waals surface area (Å²) in [5.74, 6) is -1.65. The molecule has 0 aromatic carbocycles. The maximum absolute atomic E-state index is 14.6. The highest BCUT2D eigenvalue weighted by Crippen LogP contribution is 2.36. The third-order valence-electron chi connectivity index (χ3n) is 4.68. The van der Waals surface area contributed by atoms with Crippen molar-refractivity contribution in [2.75, 3.05) is 17.7 Å². The molecule has 9 nitrogen and oxygen atoms in total. The molecule has 1 fully saturated rings. The molecule has 2 aromatic heterocycles. The molecule has 0 saturated heterocycles. The quantitative estimate of drug-likeness (QED) is 0.514. The number of nitrogens with one attached hydrogen (secondary N) is 3. The van der Waals surface area contributed by atoms with Crippen LogP contribution in [0.2, 0.25) is 0 Å². The van der Waals surface area contributed by atoms with Crippen LogP contribution in [0.5, 0.6) is 5.88 Å². The summed E-state index contributed by atoms with van der Waals surface area (Å²) in [5.41, 5.74) is 0.100. The Hall–Kier alpha value is -3.68. The molecule has 1 saturated carbocycles. The van der Waals surface area contributed by atoms with Crippen LogP contribution < -0.4 is 20.7 Å². The first-order valence-electron chi connectivity index (χ1n) is 9.15. The molecule has 30 heavy (non-hydrogen) atoms. The van der Waals surface area contributed by atoms with Crippen LogP contribution in [0.25, 0.3) is 0 Å². The SMILES string of the molecule is COc1ncc(Nc2nc(N[C@H](C3CC3)[C@H](C)NC(=O)O)c(F)cc2C#N)cc1F. The van der Waals surface area contributed by atoms with E-state index in [0.29, 0.717) is 0 Å².